The first-order valence-corrected chi connectivity index (χ1v) is 11.2. The van der Waals surface area contributed by atoms with Crippen molar-refractivity contribution in [1.82, 2.24) is 0 Å². The predicted molar refractivity (Wildman–Crippen MR) is 90.9 cm³/mol. The number of rotatable bonds is 2. The summed E-state index contributed by atoms with van der Waals surface area (Å²) in [5, 5.41) is 10.1. The highest BCUT2D eigenvalue weighted by Gasteiger charge is 2.58. The van der Waals surface area contributed by atoms with Gasteiger partial charge in [0.05, 0.1) is 6.07 Å². The Morgan fingerprint density at radius 3 is 2.45 bits per heavy atom. The van der Waals surface area contributed by atoms with Crippen molar-refractivity contribution >= 4 is 14.1 Å². The first-order chi connectivity index (χ1) is 9.97. The van der Waals surface area contributed by atoms with Gasteiger partial charge >= 0.3 is 0 Å². The summed E-state index contributed by atoms with van der Waals surface area (Å²) in [7, 11) is -2.06. The van der Waals surface area contributed by atoms with Crippen LogP contribution < -0.4 is 0 Å². The summed E-state index contributed by atoms with van der Waals surface area (Å²) in [6.07, 6.45) is 5.69. The van der Waals surface area contributed by atoms with Crippen LogP contribution in [-0.4, -0.2) is 19.7 Å². The van der Waals surface area contributed by atoms with Crippen molar-refractivity contribution in [1.29, 1.82) is 5.26 Å². The molecule has 22 heavy (non-hydrogen) atoms. The topological polar surface area (TPSA) is 50.1 Å². The summed E-state index contributed by atoms with van der Waals surface area (Å²) < 4.78 is 6.71. The summed E-state index contributed by atoms with van der Waals surface area (Å²) in [4.78, 5) is 11.8. The number of allylic oxidation sites excluding steroid dienone is 1. The maximum absolute atomic E-state index is 11.8. The molecule has 2 aliphatic carbocycles. The highest BCUT2D eigenvalue weighted by molar-refractivity contribution is 6.74. The third-order valence-electron chi connectivity index (χ3n) is 6.20. The minimum absolute atomic E-state index is 0.0685. The fraction of sp³-hybridized carbons (Fsp3) is 0.778. The molecule has 0 bridgehead atoms. The molecule has 0 amide bonds. The molecule has 0 N–H and O–H groups in total. The van der Waals surface area contributed by atoms with E-state index >= 15 is 0 Å². The van der Waals surface area contributed by atoms with Gasteiger partial charge in [-0.3, -0.25) is 4.79 Å². The van der Waals surface area contributed by atoms with E-state index in [-0.39, 0.29) is 16.2 Å². The molecule has 0 aromatic rings. The Morgan fingerprint density at radius 2 is 1.91 bits per heavy atom. The van der Waals surface area contributed by atoms with Crippen LogP contribution in [0.4, 0.5) is 0 Å². The zero-order chi connectivity index (χ0) is 16.8. The van der Waals surface area contributed by atoms with Gasteiger partial charge in [-0.2, -0.15) is 5.26 Å². The second kappa shape index (κ2) is 5.32. The fourth-order valence-corrected chi connectivity index (χ4v) is 5.08. The first kappa shape index (κ1) is 17.4. The van der Waals surface area contributed by atoms with Crippen molar-refractivity contribution in [3.63, 3.8) is 0 Å². The SMILES string of the molecule is CC(C)(C)[Si](C)(C)O[C@@]1(C#N)CCCC2=CC(=O)CC[C@@]21C. The van der Waals surface area contributed by atoms with E-state index in [0.29, 0.717) is 6.42 Å². The monoisotopic (exact) mass is 319 g/mol. The van der Waals surface area contributed by atoms with Crippen molar-refractivity contribution < 1.29 is 9.22 Å². The second-order valence-electron chi connectivity index (χ2n) is 8.62. The first-order valence-electron chi connectivity index (χ1n) is 8.33. The van der Waals surface area contributed by atoms with Crippen molar-refractivity contribution in [3.8, 4) is 6.07 Å². The largest absolute Gasteiger partial charge is 0.398 e. The fourth-order valence-electron chi connectivity index (χ4n) is 3.53. The lowest BCUT2D eigenvalue weighted by molar-refractivity contribution is -0.117. The summed E-state index contributed by atoms with van der Waals surface area (Å²) in [6, 6.07) is 2.56. The van der Waals surface area contributed by atoms with Gasteiger partial charge in [-0.15, -0.1) is 0 Å². The minimum atomic E-state index is -2.06. The lowest BCUT2D eigenvalue weighted by Gasteiger charge is -2.54. The Kier molecular flexibility index (Phi) is 4.21. The number of carbonyl (C=O) groups is 1. The van der Waals surface area contributed by atoms with Gasteiger partial charge in [-0.1, -0.05) is 33.3 Å². The van der Waals surface area contributed by atoms with Crippen LogP contribution in [0.25, 0.3) is 0 Å². The molecular formula is C18H29NO2Si. The predicted octanol–water partition coefficient (Wildman–Crippen LogP) is 4.75. The van der Waals surface area contributed by atoms with Gasteiger partial charge in [-0.25, -0.2) is 0 Å². The van der Waals surface area contributed by atoms with E-state index < -0.39 is 13.9 Å². The number of hydrogen-bond donors (Lipinski definition) is 0. The molecule has 0 unspecified atom stereocenters. The summed E-state index contributed by atoms with van der Waals surface area (Å²) in [6.45, 7) is 13.2. The van der Waals surface area contributed by atoms with Gasteiger partial charge in [-0.05, 0) is 49.9 Å². The van der Waals surface area contributed by atoms with Crippen LogP contribution in [0.3, 0.4) is 0 Å². The Labute approximate surface area is 135 Å². The molecule has 0 heterocycles. The molecule has 0 aliphatic heterocycles. The van der Waals surface area contributed by atoms with E-state index in [0.717, 1.165) is 31.3 Å². The zero-order valence-corrected chi connectivity index (χ0v) is 15.9. The molecule has 2 aliphatic rings. The molecule has 2 atom stereocenters. The molecule has 0 aromatic heterocycles. The van der Waals surface area contributed by atoms with Crippen molar-refractivity contribution in [2.75, 3.05) is 0 Å². The standard InChI is InChI=1S/C18H29NO2Si/c1-16(2,3)22(5,6)21-18(13-19)10-7-8-14-12-15(20)9-11-17(14,18)4/h12H,7-11H2,1-6H3/t17-,18+/m0/s1. The lowest BCUT2D eigenvalue weighted by Crippen LogP contribution is -2.59. The van der Waals surface area contributed by atoms with Gasteiger partial charge in [0.2, 0.25) is 0 Å². The molecule has 2 rings (SSSR count). The van der Waals surface area contributed by atoms with Gasteiger partial charge in [0.15, 0.2) is 19.7 Å². The number of nitrogens with zero attached hydrogens (tertiary/aromatic N) is 1. The Hall–Kier alpha value is -0.923. The molecule has 122 valence electrons. The third kappa shape index (κ3) is 2.59. The molecule has 1 fully saturated rings. The quantitative estimate of drug-likeness (QED) is 0.690. The number of hydrogen-bond acceptors (Lipinski definition) is 3. The van der Waals surface area contributed by atoms with Crippen molar-refractivity contribution in [2.45, 2.75) is 83.5 Å². The second-order valence-corrected chi connectivity index (χ2v) is 13.3. The van der Waals surface area contributed by atoms with Gasteiger partial charge in [0.25, 0.3) is 0 Å². The molecule has 1 saturated carbocycles. The third-order valence-corrected chi connectivity index (χ3v) is 10.7. The van der Waals surface area contributed by atoms with Crippen LogP contribution >= 0.6 is 0 Å². The average Bonchev–Trinajstić information content (AvgIpc) is 2.39. The smallest absolute Gasteiger partial charge is 0.194 e. The van der Waals surface area contributed by atoms with E-state index in [2.05, 4.69) is 46.9 Å². The van der Waals surface area contributed by atoms with Crippen LogP contribution in [0, 0.1) is 16.7 Å². The van der Waals surface area contributed by atoms with Crippen LogP contribution in [-0.2, 0) is 9.22 Å². The van der Waals surface area contributed by atoms with E-state index in [1.165, 1.54) is 0 Å². The summed E-state index contributed by atoms with van der Waals surface area (Å²) in [5.74, 6) is 0.202. The van der Waals surface area contributed by atoms with Gasteiger partial charge in [0.1, 0.15) is 0 Å². The number of nitriles is 1. The Bertz CT molecular complexity index is 552. The Balaban J connectivity index is 2.47. The normalized spacial score (nSPS) is 33.0. The van der Waals surface area contributed by atoms with Crippen LogP contribution in [0.2, 0.25) is 18.1 Å². The van der Waals surface area contributed by atoms with Crippen LogP contribution in [0.5, 0.6) is 0 Å². The Morgan fingerprint density at radius 1 is 1.27 bits per heavy atom. The highest BCUT2D eigenvalue weighted by atomic mass is 28.4. The highest BCUT2D eigenvalue weighted by Crippen LogP contribution is 2.56. The summed E-state index contributed by atoms with van der Waals surface area (Å²) in [5.41, 5.74) is 0.0415. The molecular weight excluding hydrogens is 290 g/mol. The van der Waals surface area contributed by atoms with Crippen LogP contribution in [0.1, 0.15) is 59.8 Å². The maximum atomic E-state index is 11.8. The van der Waals surface area contributed by atoms with E-state index in [4.69, 9.17) is 4.43 Å². The zero-order valence-electron chi connectivity index (χ0n) is 14.9. The van der Waals surface area contributed by atoms with Gasteiger partial charge in [0, 0.05) is 11.8 Å². The van der Waals surface area contributed by atoms with E-state index in [1.807, 2.05) is 0 Å². The van der Waals surface area contributed by atoms with E-state index in [1.54, 1.807) is 6.08 Å². The molecule has 3 nitrogen and oxygen atoms in total. The van der Waals surface area contributed by atoms with Crippen LogP contribution in [0.15, 0.2) is 11.6 Å². The van der Waals surface area contributed by atoms with Gasteiger partial charge < -0.3 is 4.43 Å². The minimum Gasteiger partial charge on any atom is -0.398 e. The maximum Gasteiger partial charge on any atom is 0.194 e. The molecule has 4 heteroatoms. The number of ketones is 1. The lowest BCUT2D eigenvalue weighted by atomic mass is 9.58. The van der Waals surface area contributed by atoms with Crippen molar-refractivity contribution in [2.24, 2.45) is 5.41 Å². The van der Waals surface area contributed by atoms with Crippen molar-refractivity contribution in [3.05, 3.63) is 11.6 Å². The molecule has 0 aromatic carbocycles. The number of carbonyl (C=O) groups excluding carboxylic acids is 1. The molecule has 0 spiro atoms. The van der Waals surface area contributed by atoms with E-state index in [9.17, 15) is 10.1 Å². The number of fused-ring (bicyclic) bond motifs is 1. The molecule has 0 saturated heterocycles. The summed E-state index contributed by atoms with van der Waals surface area (Å²) >= 11 is 0. The molecule has 0 radical (unpaired) electrons. The average molecular weight is 320 g/mol.